The first kappa shape index (κ1) is 21.1. The SMILES string of the molecule is COc1ccc(C[NH+]2CC[NH+](Cc3cc(OC)c(O)c(OC)c3)CC2)cc1OC. The zero-order valence-electron chi connectivity index (χ0n) is 17.7. The first-order valence-electron chi connectivity index (χ1n) is 9.89. The molecule has 7 nitrogen and oxygen atoms in total. The van der Waals surface area contributed by atoms with Crippen LogP contribution in [0.15, 0.2) is 30.3 Å². The Labute approximate surface area is 172 Å². The average Bonchev–Trinajstić information content (AvgIpc) is 2.76. The highest BCUT2D eigenvalue weighted by molar-refractivity contribution is 5.52. The third-order valence-electron chi connectivity index (χ3n) is 5.56. The maximum absolute atomic E-state index is 10.1. The van der Waals surface area contributed by atoms with E-state index in [1.807, 2.05) is 18.2 Å². The molecule has 3 rings (SSSR count). The molecule has 1 heterocycles. The Hall–Kier alpha value is -2.64. The maximum Gasteiger partial charge on any atom is 0.200 e. The summed E-state index contributed by atoms with van der Waals surface area (Å²) >= 11 is 0. The van der Waals surface area contributed by atoms with E-state index in [4.69, 9.17) is 18.9 Å². The fraction of sp³-hybridized carbons (Fsp3) is 0.455. The summed E-state index contributed by atoms with van der Waals surface area (Å²) < 4.78 is 21.3. The molecule has 1 aliphatic rings. The zero-order valence-corrected chi connectivity index (χ0v) is 17.7. The third-order valence-corrected chi connectivity index (χ3v) is 5.56. The molecule has 29 heavy (non-hydrogen) atoms. The lowest BCUT2D eigenvalue weighted by Gasteiger charge is -2.30. The Morgan fingerprint density at radius 3 is 1.59 bits per heavy atom. The van der Waals surface area contributed by atoms with Gasteiger partial charge in [-0.2, -0.15) is 0 Å². The molecule has 7 heteroatoms. The largest absolute Gasteiger partial charge is 0.502 e. The number of phenols is 1. The van der Waals surface area contributed by atoms with Gasteiger partial charge < -0.3 is 33.9 Å². The van der Waals surface area contributed by atoms with Gasteiger partial charge in [0.25, 0.3) is 0 Å². The van der Waals surface area contributed by atoms with E-state index in [2.05, 4.69) is 12.1 Å². The number of quaternary nitrogens is 2. The number of aromatic hydroxyl groups is 1. The Bertz CT molecular complexity index is 794. The molecule has 0 bridgehead atoms. The van der Waals surface area contributed by atoms with Crippen LogP contribution in [0.1, 0.15) is 11.1 Å². The summed E-state index contributed by atoms with van der Waals surface area (Å²) in [5.74, 6) is 2.51. The molecule has 158 valence electrons. The number of piperazine rings is 1. The van der Waals surface area contributed by atoms with Gasteiger partial charge in [-0.15, -0.1) is 0 Å². The molecule has 0 unspecified atom stereocenters. The number of methoxy groups -OCH3 is 4. The fourth-order valence-electron chi connectivity index (χ4n) is 3.93. The number of benzene rings is 2. The number of phenolic OH excluding ortho intramolecular Hbond substituents is 1. The first-order chi connectivity index (χ1) is 14.1. The average molecular weight is 405 g/mol. The summed E-state index contributed by atoms with van der Waals surface area (Å²) in [6, 6.07) is 9.95. The van der Waals surface area contributed by atoms with Crippen molar-refractivity contribution in [3.05, 3.63) is 41.5 Å². The zero-order chi connectivity index (χ0) is 20.8. The van der Waals surface area contributed by atoms with Gasteiger partial charge in [0.1, 0.15) is 39.3 Å². The molecule has 1 saturated heterocycles. The quantitative estimate of drug-likeness (QED) is 0.574. The smallest absolute Gasteiger partial charge is 0.200 e. The second-order valence-corrected chi connectivity index (χ2v) is 7.39. The van der Waals surface area contributed by atoms with Gasteiger partial charge in [0.05, 0.1) is 28.4 Å². The van der Waals surface area contributed by atoms with E-state index in [0.717, 1.165) is 56.3 Å². The molecule has 0 radical (unpaired) electrons. The van der Waals surface area contributed by atoms with E-state index < -0.39 is 0 Å². The highest BCUT2D eigenvalue weighted by Crippen LogP contribution is 2.36. The number of rotatable bonds is 8. The lowest BCUT2D eigenvalue weighted by Crippen LogP contribution is -3.27. The van der Waals surface area contributed by atoms with E-state index in [1.54, 1.807) is 33.3 Å². The van der Waals surface area contributed by atoms with Crippen LogP contribution >= 0.6 is 0 Å². The molecule has 0 amide bonds. The second-order valence-electron chi connectivity index (χ2n) is 7.39. The van der Waals surface area contributed by atoms with Crippen molar-refractivity contribution in [3.63, 3.8) is 0 Å². The van der Waals surface area contributed by atoms with Crippen LogP contribution in [0.4, 0.5) is 0 Å². The summed E-state index contributed by atoms with van der Waals surface area (Å²) in [4.78, 5) is 3.10. The van der Waals surface area contributed by atoms with Gasteiger partial charge in [-0.25, -0.2) is 0 Å². The van der Waals surface area contributed by atoms with Crippen molar-refractivity contribution >= 4 is 0 Å². The molecule has 2 aromatic rings. The number of ether oxygens (including phenoxy) is 4. The molecule has 2 aromatic carbocycles. The van der Waals surface area contributed by atoms with Crippen LogP contribution in [0.2, 0.25) is 0 Å². The van der Waals surface area contributed by atoms with Crippen LogP contribution in [0.3, 0.4) is 0 Å². The van der Waals surface area contributed by atoms with E-state index in [0.29, 0.717) is 11.5 Å². The molecule has 1 aliphatic heterocycles. The van der Waals surface area contributed by atoms with E-state index in [9.17, 15) is 5.11 Å². The number of hydrogen-bond donors (Lipinski definition) is 3. The van der Waals surface area contributed by atoms with Gasteiger partial charge in [0, 0.05) is 11.1 Å². The van der Waals surface area contributed by atoms with Gasteiger partial charge in [-0.1, -0.05) is 0 Å². The van der Waals surface area contributed by atoms with Crippen LogP contribution in [-0.4, -0.2) is 59.7 Å². The van der Waals surface area contributed by atoms with Crippen molar-refractivity contribution in [3.8, 4) is 28.7 Å². The van der Waals surface area contributed by atoms with E-state index in [1.165, 1.54) is 10.5 Å². The van der Waals surface area contributed by atoms with Gasteiger partial charge in [-0.3, -0.25) is 0 Å². The first-order valence-corrected chi connectivity index (χ1v) is 9.89. The molecule has 1 fully saturated rings. The highest BCUT2D eigenvalue weighted by atomic mass is 16.5. The lowest BCUT2D eigenvalue weighted by atomic mass is 10.1. The van der Waals surface area contributed by atoms with E-state index in [-0.39, 0.29) is 5.75 Å². The van der Waals surface area contributed by atoms with Crippen LogP contribution in [-0.2, 0) is 13.1 Å². The molecule has 0 spiro atoms. The van der Waals surface area contributed by atoms with Gasteiger partial charge >= 0.3 is 0 Å². The van der Waals surface area contributed by atoms with Gasteiger partial charge in [0.15, 0.2) is 23.0 Å². The van der Waals surface area contributed by atoms with Crippen molar-refractivity contribution in [2.24, 2.45) is 0 Å². The minimum atomic E-state index is 0.0536. The Morgan fingerprint density at radius 1 is 0.655 bits per heavy atom. The van der Waals surface area contributed by atoms with Crippen LogP contribution < -0.4 is 28.7 Å². The standard InChI is InChI=1S/C22H30N2O5/c1-26-18-6-5-16(11-19(18)27-2)14-23-7-9-24(10-8-23)15-17-12-20(28-3)22(25)21(13-17)29-4/h5-6,11-13,25H,7-10,14-15H2,1-4H3/p+2. The Morgan fingerprint density at radius 2 is 1.10 bits per heavy atom. The minimum Gasteiger partial charge on any atom is -0.502 e. The maximum atomic E-state index is 10.1. The Balaban J connectivity index is 1.57. The molecule has 0 saturated carbocycles. The summed E-state index contributed by atoms with van der Waals surface area (Å²) in [5, 5.41) is 10.1. The van der Waals surface area contributed by atoms with Gasteiger partial charge in [-0.05, 0) is 30.3 Å². The lowest BCUT2D eigenvalue weighted by molar-refractivity contribution is -1.02. The van der Waals surface area contributed by atoms with Crippen LogP contribution in [0.5, 0.6) is 28.7 Å². The predicted molar refractivity (Wildman–Crippen MR) is 110 cm³/mol. The van der Waals surface area contributed by atoms with Crippen molar-refractivity contribution in [1.82, 2.24) is 0 Å². The summed E-state index contributed by atoms with van der Waals surface area (Å²) in [5.41, 5.74) is 2.36. The fourth-order valence-corrected chi connectivity index (χ4v) is 3.93. The van der Waals surface area contributed by atoms with Crippen molar-refractivity contribution in [2.45, 2.75) is 13.1 Å². The highest BCUT2D eigenvalue weighted by Gasteiger charge is 2.24. The van der Waals surface area contributed by atoms with Crippen LogP contribution in [0.25, 0.3) is 0 Å². The van der Waals surface area contributed by atoms with Crippen molar-refractivity contribution < 1.29 is 33.9 Å². The third kappa shape index (κ3) is 5.05. The number of hydrogen-bond acceptors (Lipinski definition) is 5. The summed E-state index contributed by atoms with van der Waals surface area (Å²) in [6.07, 6.45) is 0. The molecule has 3 N–H and O–H groups in total. The van der Waals surface area contributed by atoms with Gasteiger partial charge in [0.2, 0.25) is 5.75 Å². The molecule has 0 atom stereocenters. The van der Waals surface area contributed by atoms with Crippen LogP contribution in [0, 0.1) is 0 Å². The molecule has 0 aromatic heterocycles. The minimum absolute atomic E-state index is 0.0536. The summed E-state index contributed by atoms with van der Waals surface area (Å²) in [6.45, 7) is 6.26. The summed E-state index contributed by atoms with van der Waals surface area (Å²) in [7, 11) is 6.44. The predicted octanol–water partition coefficient (Wildman–Crippen LogP) is -0.0898. The Kier molecular flexibility index (Phi) is 7.06. The molecule has 0 aliphatic carbocycles. The monoisotopic (exact) mass is 404 g/mol. The number of nitrogens with one attached hydrogen (secondary N) is 2. The molecular formula is C22H32N2O5+2. The molecular weight excluding hydrogens is 372 g/mol. The topological polar surface area (TPSA) is 66.0 Å². The second kappa shape index (κ2) is 9.71. The van der Waals surface area contributed by atoms with E-state index >= 15 is 0 Å². The van der Waals surface area contributed by atoms with Crippen molar-refractivity contribution in [1.29, 1.82) is 0 Å². The normalized spacial score (nSPS) is 18.9. The van der Waals surface area contributed by atoms with Crippen molar-refractivity contribution in [2.75, 3.05) is 54.6 Å².